The second-order valence-electron chi connectivity index (χ2n) is 4.05. The first kappa shape index (κ1) is 11.0. The average Bonchev–Trinajstić information content (AvgIpc) is 2.84. The summed E-state index contributed by atoms with van der Waals surface area (Å²) in [6, 6.07) is 6.50. The Balaban J connectivity index is 1.88. The average molecular weight is 226 g/mol. The molecule has 1 aliphatic carbocycles. The third kappa shape index (κ3) is 2.38. The van der Waals surface area contributed by atoms with Crippen LogP contribution < -0.4 is 4.74 Å². The second-order valence-corrected chi connectivity index (χ2v) is 4.05. The molecule has 1 aliphatic rings. The lowest BCUT2D eigenvalue weighted by Gasteiger charge is -2.05. The molecule has 0 spiro atoms. The van der Waals surface area contributed by atoms with Gasteiger partial charge in [-0.2, -0.15) is 0 Å². The maximum Gasteiger partial charge on any atom is 0.255 e. The van der Waals surface area contributed by atoms with Gasteiger partial charge in [0, 0.05) is 12.0 Å². The lowest BCUT2D eigenvalue weighted by molar-refractivity contribution is 0.0856. The van der Waals surface area contributed by atoms with Gasteiger partial charge in [-0.25, -0.2) is 8.78 Å². The summed E-state index contributed by atoms with van der Waals surface area (Å²) in [5.74, 6) is -2.70. The molecule has 1 fully saturated rings. The maximum absolute atomic E-state index is 12.5. The number of carbonyl (C=O) groups excluding carboxylic acids is 1. The molecule has 16 heavy (non-hydrogen) atoms. The summed E-state index contributed by atoms with van der Waals surface area (Å²) in [6.45, 7) is 1.51. The molecule has 0 bridgehead atoms. The molecule has 0 N–H and O–H groups in total. The number of hydrogen-bond acceptors (Lipinski definition) is 2. The molecule has 1 aromatic carbocycles. The highest BCUT2D eigenvalue weighted by Gasteiger charge is 2.57. The van der Waals surface area contributed by atoms with Crippen LogP contribution >= 0.6 is 0 Å². The van der Waals surface area contributed by atoms with Crippen LogP contribution in [0.2, 0.25) is 0 Å². The Hall–Kier alpha value is -1.45. The summed E-state index contributed by atoms with van der Waals surface area (Å²) in [6.07, 6.45) is -0.0848. The molecular weight excluding hydrogens is 214 g/mol. The first-order chi connectivity index (χ1) is 7.49. The van der Waals surface area contributed by atoms with Gasteiger partial charge in [0.05, 0.1) is 12.5 Å². The monoisotopic (exact) mass is 226 g/mol. The minimum absolute atomic E-state index is 0.0275. The summed E-state index contributed by atoms with van der Waals surface area (Å²) >= 11 is 0. The van der Waals surface area contributed by atoms with Crippen LogP contribution in [0.15, 0.2) is 24.3 Å². The third-order valence-electron chi connectivity index (χ3n) is 2.67. The molecule has 0 radical (unpaired) electrons. The smallest absolute Gasteiger partial charge is 0.255 e. The predicted molar refractivity (Wildman–Crippen MR) is 55.0 cm³/mol. The van der Waals surface area contributed by atoms with E-state index in [0.717, 1.165) is 0 Å². The Kier molecular flexibility index (Phi) is 2.66. The Labute approximate surface area is 92.2 Å². The van der Waals surface area contributed by atoms with Gasteiger partial charge in [0.2, 0.25) is 0 Å². The zero-order chi connectivity index (χ0) is 11.8. The number of ketones is 1. The normalized spacial score (nSPS) is 21.6. The fourth-order valence-corrected chi connectivity index (χ4v) is 1.43. The molecule has 0 saturated heterocycles. The van der Waals surface area contributed by atoms with E-state index >= 15 is 0 Å². The number of alkyl halides is 2. The van der Waals surface area contributed by atoms with Crippen LogP contribution in [0.4, 0.5) is 8.78 Å². The first-order valence-electron chi connectivity index (χ1n) is 5.10. The van der Waals surface area contributed by atoms with Gasteiger partial charge in [0.1, 0.15) is 5.75 Å². The molecule has 1 saturated carbocycles. The van der Waals surface area contributed by atoms with E-state index in [1.807, 2.05) is 0 Å². The molecule has 2 nitrogen and oxygen atoms in total. The molecular formula is C12H12F2O2. The standard InChI is InChI=1S/C12H12F2O2/c1-8(15)9-2-4-11(5-3-9)16-7-10-6-12(10,13)14/h2-5,10H,6-7H2,1H3. The maximum atomic E-state index is 12.5. The van der Waals surface area contributed by atoms with Gasteiger partial charge in [0.25, 0.3) is 5.92 Å². The van der Waals surface area contributed by atoms with Crippen LogP contribution in [0.25, 0.3) is 0 Å². The largest absolute Gasteiger partial charge is 0.493 e. The van der Waals surface area contributed by atoms with Crippen molar-refractivity contribution in [3.8, 4) is 5.75 Å². The van der Waals surface area contributed by atoms with Gasteiger partial charge in [-0.05, 0) is 31.2 Å². The number of ether oxygens (including phenoxy) is 1. The highest BCUT2D eigenvalue weighted by molar-refractivity contribution is 5.94. The van der Waals surface area contributed by atoms with Gasteiger partial charge in [-0.1, -0.05) is 0 Å². The van der Waals surface area contributed by atoms with E-state index in [2.05, 4.69) is 0 Å². The zero-order valence-electron chi connectivity index (χ0n) is 8.87. The van der Waals surface area contributed by atoms with E-state index in [1.54, 1.807) is 24.3 Å². The van der Waals surface area contributed by atoms with Crippen molar-refractivity contribution in [1.82, 2.24) is 0 Å². The van der Waals surface area contributed by atoms with Crippen LogP contribution in [0.5, 0.6) is 5.75 Å². The lowest BCUT2D eigenvalue weighted by Crippen LogP contribution is -2.05. The molecule has 86 valence electrons. The third-order valence-corrected chi connectivity index (χ3v) is 2.67. The van der Waals surface area contributed by atoms with E-state index in [1.165, 1.54) is 6.92 Å². The summed E-state index contributed by atoms with van der Waals surface area (Å²) in [4.78, 5) is 11.0. The van der Waals surface area contributed by atoms with Crippen molar-refractivity contribution < 1.29 is 18.3 Å². The molecule has 0 aliphatic heterocycles. The van der Waals surface area contributed by atoms with Crippen LogP contribution in [0.3, 0.4) is 0 Å². The first-order valence-corrected chi connectivity index (χ1v) is 5.10. The van der Waals surface area contributed by atoms with E-state index in [9.17, 15) is 13.6 Å². The fraction of sp³-hybridized carbons (Fsp3) is 0.417. The van der Waals surface area contributed by atoms with E-state index in [4.69, 9.17) is 4.74 Å². The minimum Gasteiger partial charge on any atom is -0.493 e. The van der Waals surface area contributed by atoms with Crippen LogP contribution in [0.1, 0.15) is 23.7 Å². The number of carbonyl (C=O) groups is 1. The van der Waals surface area contributed by atoms with Gasteiger partial charge in [-0.15, -0.1) is 0 Å². The quantitative estimate of drug-likeness (QED) is 0.738. The van der Waals surface area contributed by atoms with E-state index in [-0.39, 0.29) is 18.8 Å². The van der Waals surface area contributed by atoms with Gasteiger partial charge in [-0.3, -0.25) is 4.79 Å². The molecule has 2 rings (SSSR count). The Bertz CT molecular complexity index is 398. The van der Waals surface area contributed by atoms with Crippen molar-refractivity contribution in [2.24, 2.45) is 5.92 Å². The van der Waals surface area contributed by atoms with Crippen molar-refractivity contribution in [1.29, 1.82) is 0 Å². The van der Waals surface area contributed by atoms with Gasteiger partial charge < -0.3 is 4.74 Å². The number of halogens is 2. The van der Waals surface area contributed by atoms with Crippen molar-refractivity contribution in [2.75, 3.05) is 6.61 Å². The number of hydrogen-bond donors (Lipinski definition) is 0. The van der Waals surface area contributed by atoms with Gasteiger partial charge >= 0.3 is 0 Å². The Morgan fingerprint density at radius 3 is 2.44 bits per heavy atom. The number of Topliss-reactive ketones (excluding diaryl/α,β-unsaturated/α-hetero) is 1. The Morgan fingerprint density at radius 2 is 2.00 bits per heavy atom. The zero-order valence-corrected chi connectivity index (χ0v) is 8.87. The molecule has 1 atom stereocenters. The van der Waals surface area contributed by atoms with Crippen molar-refractivity contribution >= 4 is 5.78 Å². The molecule has 1 unspecified atom stereocenters. The van der Waals surface area contributed by atoms with Crippen LogP contribution in [-0.4, -0.2) is 18.3 Å². The highest BCUT2D eigenvalue weighted by Crippen LogP contribution is 2.48. The number of rotatable bonds is 4. The summed E-state index contributed by atoms with van der Waals surface area (Å²) in [5, 5.41) is 0. The molecule has 4 heteroatoms. The minimum atomic E-state index is -2.54. The van der Waals surface area contributed by atoms with Crippen LogP contribution in [0, 0.1) is 5.92 Å². The highest BCUT2D eigenvalue weighted by atomic mass is 19.3. The fourth-order valence-electron chi connectivity index (χ4n) is 1.43. The molecule has 1 aromatic rings. The number of benzene rings is 1. The Morgan fingerprint density at radius 1 is 1.44 bits per heavy atom. The lowest BCUT2D eigenvalue weighted by atomic mass is 10.1. The van der Waals surface area contributed by atoms with E-state index < -0.39 is 11.8 Å². The summed E-state index contributed by atoms with van der Waals surface area (Å²) < 4.78 is 30.3. The predicted octanol–water partition coefficient (Wildman–Crippen LogP) is 2.92. The van der Waals surface area contributed by atoms with Crippen molar-refractivity contribution in [2.45, 2.75) is 19.3 Å². The van der Waals surface area contributed by atoms with Gasteiger partial charge in [0.15, 0.2) is 5.78 Å². The van der Waals surface area contributed by atoms with E-state index in [0.29, 0.717) is 11.3 Å². The van der Waals surface area contributed by atoms with Crippen molar-refractivity contribution in [3.63, 3.8) is 0 Å². The van der Waals surface area contributed by atoms with Crippen LogP contribution in [-0.2, 0) is 0 Å². The molecule has 0 heterocycles. The second kappa shape index (κ2) is 3.85. The molecule has 0 amide bonds. The SMILES string of the molecule is CC(=O)c1ccc(OCC2CC2(F)F)cc1. The molecule has 0 aromatic heterocycles. The topological polar surface area (TPSA) is 26.3 Å². The van der Waals surface area contributed by atoms with Crippen molar-refractivity contribution in [3.05, 3.63) is 29.8 Å². The summed E-state index contributed by atoms with van der Waals surface area (Å²) in [7, 11) is 0. The summed E-state index contributed by atoms with van der Waals surface area (Å²) in [5.41, 5.74) is 0.587.